The molecule has 0 aliphatic rings. The lowest BCUT2D eigenvalue weighted by Crippen LogP contribution is -2.38. The zero-order chi connectivity index (χ0) is 17.4. The molecule has 0 saturated carbocycles. The van der Waals surface area contributed by atoms with Gasteiger partial charge < -0.3 is 15.0 Å². The van der Waals surface area contributed by atoms with Crippen molar-refractivity contribution >= 4 is 6.03 Å². The van der Waals surface area contributed by atoms with E-state index in [4.69, 9.17) is 4.74 Å². The number of carbonyl (C=O) groups excluding carboxylic acids is 1. The van der Waals surface area contributed by atoms with Crippen molar-refractivity contribution in [2.45, 2.75) is 26.8 Å². The number of benzene rings is 2. The van der Waals surface area contributed by atoms with Crippen LogP contribution in [0, 0.1) is 6.92 Å². The molecule has 0 radical (unpaired) electrons. The van der Waals surface area contributed by atoms with Crippen molar-refractivity contribution in [1.29, 1.82) is 0 Å². The second kappa shape index (κ2) is 8.96. The van der Waals surface area contributed by atoms with E-state index >= 15 is 0 Å². The predicted octanol–water partition coefficient (Wildman–Crippen LogP) is 3.78. The van der Waals surface area contributed by atoms with Crippen LogP contribution >= 0.6 is 0 Å². The van der Waals surface area contributed by atoms with Crippen LogP contribution in [-0.4, -0.2) is 31.1 Å². The molecule has 128 valence electrons. The molecule has 0 spiro atoms. The maximum Gasteiger partial charge on any atom is 0.317 e. The number of hydrogen-bond donors (Lipinski definition) is 1. The number of aryl methyl sites for hydroxylation is 2. The molecule has 0 atom stereocenters. The minimum absolute atomic E-state index is 0.0950. The maximum atomic E-state index is 12.1. The van der Waals surface area contributed by atoms with Crippen molar-refractivity contribution in [1.82, 2.24) is 10.2 Å². The van der Waals surface area contributed by atoms with Crippen molar-refractivity contribution in [3.05, 3.63) is 65.2 Å². The summed E-state index contributed by atoms with van der Waals surface area (Å²) in [6.07, 6.45) is 1.03. The molecule has 2 rings (SSSR count). The Morgan fingerprint density at radius 3 is 2.50 bits per heavy atom. The molecule has 2 aromatic rings. The van der Waals surface area contributed by atoms with Crippen molar-refractivity contribution in [3.8, 4) is 5.75 Å². The quantitative estimate of drug-likeness (QED) is 0.787. The average molecular weight is 326 g/mol. The van der Waals surface area contributed by atoms with E-state index in [0.717, 1.165) is 23.3 Å². The first-order chi connectivity index (χ1) is 11.6. The summed E-state index contributed by atoms with van der Waals surface area (Å²) >= 11 is 0. The molecule has 0 unspecified atom stereocenters. The molecule has 1 N–H and O–H groups in total. The molecule has 2 aromatic carbocycles. The second-order valence-corrected chi connectivity index (χ2v) is 5.92. The topological polar surface area (TPSA) is 41.6 Å². The first kappa shape index (κ1) is 17.9. The van der Waals surface area contributed by atoms with Gasteiger partial charge in [-0.3, -0.25) is 0 Å². The Labute approximate surface area is 144 Å². The molecule has 0 aliphatic carbocycles. The normalized spacial score (nSPS) is 10.3. The van der Waals surface area contributed by atoms with Crippen LogP contribution in [0.4, 0.5) is 4.79 Å². The van der Waals surface area contributed by atoms with Crippen molar-refractivity contribution < 1.29 is 9.53 Å². The van der Waals surface area contributed by atoms with E-state index in [1.54, 1.807) is 11.9 Å². The van der Waals surface area contributed by atoms with Crippen LogP contribution in [0.15, 0.2) is 48.5 Å². The van der Waals surface area contributed by atoms with Crippen LogP contribution in [0.5, 0.6) is 5.75 Å². The van der Waals surface area contributed by atoms with Gasteiger partial charge in [-0.25, -0.2) is 4.79 Å². The molecule has 0 bridgehead atoms. The molecule has 0 saturated heterocycles. The highest BCUT2D eigenvalue weighted by Crippen LogP contribution is 2.11. The summed E-state index contributed by atoms with van der Waals surface area (Å²) in [5.74, 6) is 0.827. The van der Waals surface area contributed by atoms with Crippen LogP contribution in [0.2, 0.25) is 0 Å². The van der Waals surface area contributed by atoms with Gasteiger partial charge in [0, 0.05) is 13.6 Å². The number of rotatable bonds is 7. The summed E-state index contributed by atoms with van der Waals surface area (Å²) in [5, 5.41) is 2.87. The van der Waals surface area contributed by atoms with Crippen molar-refractivity contribution in [2.24, 2.45) is 0 Å². The van der Waals surface area contributed by atoms with Gasteiger partial charge in [-0.2, -0.15) is 0 Å². The van der Waals surface area contributed by atoms with Crippen LogP contribution in [0.25, 0.3) is 0 Å². The fourth-order valence-corrected chi connectivity index (χ4v) is 2.39. The van der Waals surface area contributed by atoms with Crippen LogP contribution in [0.1, 0.15) is 23.6 Å². The molecule has 4 heteroatoms. The summed E-state index contributed by atoms with van der Waals surface area (Å²) in [6, 6.07) is 16.1. The van der Waals surface area contributed by atoms with E-state index in [-0.39, 0.29) is 6.03 Å². The summed E-state index contributed by atoms with van der Waals surface area (Å²) < 4.78 is 5.63. The number of hydrogen-bond acceptors (Lipinski definition) is 2. The lowest BCUT2D eigenvalue weighted by atomic mass is 10.1. The number of nitrogens with zero attached hydrogens (tertiary/aromatic N) is 1. The third-order valence-corrected chi connectivity index (χ3v) is 3.83. The Hall–Kier alpha value is -2.49. The van der Waals surface area contributed by atoms with Gasteiger partial charge in [0.05, 0.1) is 6.54 Å². The third-order valence-electron chi connectivity index (χ3n) is 3.83. The second-order valence-electron chi connectivity index (χ2n) is 5.92. The fourth-order valence-electron chi connectivity index (χ4n) is 2.39. The molecule has 24 heavy (non-hydrogen) atoms. The van der Waals surface area contributed by atoms with Gasteiger partial charge in [0.15, 0.2) is 0 Å². The Bertz CT molecular complexity index is 653. The summed E-state index contributed by atoms with van der Waals surface area (Å²) in [4.78, 5) is 13.8. The van der Waals surface area contributed by atoms with E-state index in [0.29, 0.717) is 19.7 Å². The number of ether oxygens (including phenoxy) is 1. The average Bonchev–Trinajstić information content (AvgIpc) is 2.59. The van der Waals surface area contributed by atoms with Gasteiger partial charge in [0.2, 0.25) is 0 Å². The molecule has 0 aromatic heterocycles. The van der Waals surface area contributed by atoms with E-state index < -0.39 is 0 Å². The Kier molecular flexibility index (Phi) is 6.67. The van der Waals surface area contributed by atoms with Gasteiger partial charge in [0.25, 0.3) is 0 Å². The summed E-state index contributed by atoms with van der Waals surface area (Å²) in [6.45, 7) is 5.68. The largest absolute Gasteiger partial charge is 0.492 e. The lowest BCUT2D eigenvalue weighted by molar-refractivity contribution is 0.203. The lowest BCUT2D eigenvalue weighted by Gasteiger charge is -2.18. The van der Waals surface area contributed by atoms with Crippen LogP contribution in [-0.2, 0) is 13.0 Å². The monoisotopic (exact) mass is 326 g/mol. The maximum absolute atomic E-state index is 12.1. The molecule has 0 aliphatic heterocycles. The van der Waals surface area contributed by atoms with E-state index in [1.807, 2.05) is 31.2 Å². The fraction of sp³-hybridized carbons (Fsp3) is 0.350. The molecule has 0 heterocycles. The highest BCUT2D eigenvalue weighted by molar-refractivity contribution is 5.73. The van der Waals surface area contributed by atoms with Gasteiger partial charge in [-0.15, -0.1) is 0 Å². The first-order valence-corrected chi connectivity index (χ1v) is 8.34. The predicted molar refractivity (Wildman–Crippen MR) is 97.4 cm³/mol. The highest BCUT2D eigenvalue weighted by Gasteiger charge is 2.08. The highest BCUT2D eigenvalue weighted by atomic mass is 16.5. The van der Waals surface area contributed by atoms with Crippen molar-refractivity contribution in [2.75, 3.05) is 20.2 Å². The summed E-state index contributed by atoms with van der Waals surface area (Å²) in [7, 11) is 1.80. The van der Waals surface area contributed by atoms with Gasteiger partial charge in [0.1, 0.15) is 12.4 Å². The number of nitrogens with one attached hydrogen (secondary N) is 1. The van der Waals surface area contributed by atoms with Crippen LogP contribution in [0.3, 0.4) is 0 Å². The Balaban J connectivity index is 1.71. The SMILES string of the molecule is CCc1ccc(CN(C)C(=O)NCCOc2cccc(C)c2)cc1. The molecule has 0 fully saturated rings. The smallest absolute Gasteiger partial charge is 0.317 e. The van der Waals surface area contributed by atoms with Crippen LogP contribution < -0.4 is 10.1 Å². The standard InChI is InChI=1S/C20H26N2O2/c1-4-17-8-10-18(11-9-17)15-22(3)20(23)21-12-13-24-19-7-5-6-16(2)14-19/h5-11,14H,4,12-13,15H2,1-3H3,(H,21,23). The van der Waals surface area contributed by atoms with Gasteiger partial charge in [-0.1, -0.05) is 43.3 Å². The Morgan fingerprint density at radius 1 is 1.12 bits per heavy atom. The van der Waals surface area contributed by atoms with Gasteiger partial charge >= 0.3 is 6.03 Å². The first-order valence-electron chi connectivity index (χ1n) is 8.34. The van der Waals surface area contributed by atoms with Crippen molar-refractivity contribution in [3.63, 3.8) is 0 Å². The number of urea groups is 1. The zero-order valence-corrected chi connectivity index (χ0v) is 14.7. The summed E-state index contributed by atoms with van der Waals surface area (Å²) in [5.41, 5.74) is 3.59. The molecule has 4 nitrogen and oxygen atoms in total. The molecule has 2 amide bonds. The van der Waals surface area contributed by atoms with E-state index in [1.165, 1.54) is 5.56 Å². The minimum atomic E-state index is -0.0950. The zero-order valence-electron chi connectivity index (χ0n) is 14.7. The van der Waals surface area contributed by atoms with E-state index in [9.17, 15) is 4.79 Å². The molecular formula is C20H26N2O2. The number of amides is 2. The van der Waals surface area contributed by atoms with Gasteiger partial charge in [-0.05, 0) is 42.2 Å². The Morgan fingerprint density at radius 2 is 1.83 bits per heavy atom. The van der Waals surface area contributed by atoms with E-state index in [2.05, 4.69) is 36.5 Å². The minimum Gasteiger partial charge on any atom is -0.492 e. The third kappa shape index (κ3) is 5.61. The molecular weight excluding hydrogens is 300 g/mol. The number of carbonyl (C=O) groups is 1.